The molecule has 1 amide bonds. The van der Waals surface area contributed by atoms with Crippen molar-refractivity contribution in [1.82, 2.24) is 4.90 Å². The fraction of sp³-hybridized carbons (Fsp3) is 0.867. The van der Waals surface area contributed by atoms with E-state index in [4.69, 9.17) is 12.3 Å². The van der Waals surface area contributed by atoms with Crippen LogP contribution in [0.4, 0.5) is 0 Å². The molecule has 2 saturated carbocycles. The molecule has 0 spiro atoms. The number of aliphatic hydroxyl groups is 1. The number of carbonyl (C=O) groups excluding carboxylic acids is 1. The number of amides is 1. The molecule has 5 nitrogen and oxygen atoms in total. The first kappa shape index (κ1) is 13.8. The Labute approximate surface area is 119 Å². The van der Waals surface area contributed by atoms with E-state index in [1.54, 1.807) is 4.90 Å². The normalized spacial score (nSPS) is 36.0. The lowest BCUT2D eigenvalue weighted by molar-refractivity contribution is -0.139. The number of hydrogen-bond donors (Lipinski definition) is 2. The highest BCUT2D eigenvalue weighted by atomic mass is 16.3. The Bertz CT molecular complexity index is 439. The SMILES string of the molecule is [C-]#[N+]C1CC2CC2N1C(=O)C(N)C1(CO)CCCCC1. The molecular formula is C15H23N3O2. The summed E-state index contributed by atoms with van der Waals surface area (Å²) in [4.78, 5) is 18.1. The van der Waals surface area contributed by atoms with E-state index in [2.05, 4.69) is 4.85 Å². The van der Waals surface area contributed by atoms with Gasteiger partial charge in [-0.05, 0) is 25.2 Å². The van der Waals surface area contributed by atoms with Crippen molar-refractivity contribution in [2.45, 2.75) is 63.2 Å². The first-order valence-electron chi connectivity index (χ1n) is 7.68. The Hall–Kier alpha value is -1.12. The van der Waals surface area contributed by atoms with Crippen LogP contribution in [0, 0.1) is 17.9 Å². The summed E-state index contributed by atoms with van der Waals surface area (Å²) in [5.41, 5.74) is 5.80. The van der Waals surface area contributed by atoms with Gasteiger partial charge in [-0.1, -0.05) is 19.3 Å². The summed E-state index contributed by atoms with van der Waals surface area (Å²) in [5.74, 6) is 0.411. The first-order valence-corrected chi connectivity index (χ1v) is 7.68. The zero-order valence-electron chi connectivity index (χ0n) is 11.8. The number of nitrogens with zero attached hydrogens (tertiary/aromatic N) is 2. The quantitative estimate of drug-likeness (QED) is 0.760. The molecule has 3 N–H and O–H groups in total. The summed E-state index contributed by atoms with van der Waals surface area (Å²) >= 11 is 0. The predicted molar refractivity (Wildman–Crippen MR) is 74.3 cm³/mol. The Morgan fingerprint density at radius 3 is 2.70 bits per heavy atom. The van der Waals surface area contributed by atoms with E-state index in [0.717, 1.165) is 44.9 Å². The summed E-state index contributed by atoms with van der Waals surface area (Å²) < 4.78 is 0. The van der Waals surface area contributed by atoms with Gasteiger partial charge in [-0.3, -0.25) is 14.5 Å². The van der Waals surface area contributed by atoms with Crippen LogP contribution in [0.2, 0.25) is 0 Å². The van der Waals surface area contributed by atoms with Crippen molar-refractivity contribution in [3.05, 3.63) is 11.4 Å². The zero-order valence-corrected chi connectivity index (χ0v) is 11.8. The minimum absolute atomic E-state index is 0.0233. The van der Waals surface area contributed by atoms with Crippen LogP contribution >= 0.6 is 0 Å². The van der Waals surface area contributed by atoms with Crippen molar-refractivity contribution in [3.63, 3.8) is 0 Å². The maximum Gasteiger partial charge on any atom is 0.301 e. The van der Waals surface area contributed by atoms with E-state index in [9.17, 15) is 9.90 Å². The molecule has 4 unspecified atom stereocenters. The van der Waals surface area contributed by atoms with E-state index in [-0.39, 0.29) is 24.7 Å². The second-order valence-corrected chi connectivity index (χ2v) is 6.71. The monoisotopic (exact) mass is 277 g/mol. The van der Waals surface area contributed by atoms with E-state index in [1.807, 2.05) is 0 Å². The smallest absolute Gasteiger partial charge is 0.301 e. The van der Waals surface area contributed by atoms with Crippen molar-refractivity contribution >= 4 is 5.91 Å². The zero-order chi connectivity index (χ0) is 14.3. The Morgan fingerprint density at radius 2 is 2.10 bits per heavy atom. The summed E-state index contributed by atoms with van der Waals surface area (Å²) in [6.45, 7) is 7.23. The van der Waals surface area contributed by atoms with Gasteiger partial charge in [0.05, 0.1) is 12.6 Å². The Kier molecular flexibility index (Phi) is 3.47. The standard InChI is InChI=1S/C15H23N3O2/c1-17-12-8-10-7-11(10)18(12)14(20)13(16)15(9-19)5-3-2-4-6-15/h10-13,19H,2-9,16H2. The number of piperidine rings is 1. The van der Waals surface area contributed by atoms with Gasteiger partial charge in [-0.15, -0.1) is 0 Å². The lowest BCUT2D eigenvalue weighted by Gasteiger charge is -2.41. The fourth-order valence-electron chi connectivity index (χ4n) is 4.10. The molecule has 1 saturated heterocycles. The van der Waals surface area contributed by atoms with Crippen LogP contribution < -0.4 is 5.73 Å². The molecule has 0 aromatic heterocycles. The van der Waals surface area contributed by atoms with Crippen molar-refractivity contribution in [2.24, 2.45) is 17.1 Å². The van der Waals surface area contributed by atoms with Crippen LogP contribution in [0.5, 0.6) is 0 Å². The average molecular weight is 277 g/mol. The van der Waals surface area contributed by atoms with E-state index in [0.29, 0.717) is 5.92 Å². The van der Waals surface area contributed by atoms with Gasteiger partial charge in [-0.25, -0.2) is 6.57 Å². The molecule has 0 aromatic carbocycles. The van der Waals surface area contributed by atoms with Gasteiger partial charge in [0.1, 0.15) is 0 Å². The second-order valence-electron chi connectivity index (χ2n) is 6.71. The third-order valence-electron chi connectivity index (χ3n) is 5.57. The van der Waals surface area contributed by atoms with Crippen LogP contribution in [0.3, 0.4) is 0 Å². The number of nitrogens with two attached hydrogens (primary N) is 1. The summed E-state index contributed by atoms with van der Waals surface area (Å²) in [5, 5.41) is 9.79. The minimum Gasteiger partial charge on any atom is -0.396 e. The van der Waals surface area contributed by atoms with Crippen molar-refractivity contribution in [2.75, 3.05) is 6.61 Å². The minimum atomic E-state index is -0.656. The molecule has 0 bridgehead atoms. The highest BCUT2D eigenvalue weighted by Gasteiger charge is 2.59. The topological polar surface area (TPSA) is 70.9 Å². The number of likely N-dealkylation sites (tertiary alicyclic amines) is 1. The molecule has 20 heavy (non-hydrogen) atoms. The summed E-state index contributed by atoms with van der Waals surface area (Å²) in [6.07, 6.45) is 6.36. The molecule has 0 aromatic rings. The number of fused-ring (bicyclic) bond motifs is 1. The van der Waals surface area contributed by atoms with Gasteiger partial charge in [0.25, 0.3) is 0 Å². The van der Waals surface area contributed by atoms with Crippen molar-refractivity contribution < 1.29 is 9.90 Å². The van der Waals surface area contributed by atoms with Gasteiger partial charge in [0.2, 0.25) is 5.91 Å². The number of hydrogen-bond acceptors (Lipinski definition) is 3. The van der Waals surface area contributed by atoms with Crippen LogP contribution in [0.25, 0.3) is 4.85 Å². The van der Waals surface area contributed by atoms with E-state index >= 15 is 0 Å². The van der Waals surface area contributed by atoms with Crippen molar-refractivity contribution in [1.29, 1.82) is 0 Å². The number of carbonyl (C=O) groups is 1. The third-order valence-corrected chi connectivity index (χ3v) is 5.57. The fourth-order valence-corrected chi connectivity index (χ4v) is 4.10. The van der Waals surface area contributed by atoms with Gasteiger partial charge < -0.3 is 10.8 Å². The van der Waals surface area contributed by atoms with Crippen molar-refractivity contribution in [3.8, 4) is 0 Å². The van der Waals surface area contributed by atoms with Crippen LogP contribution in [0.15, 0.2) is 0 Å². The van der Waals surface area contributed by atoms with Gasteiger partial charge in [-0.2, -0.15) is 0 Å². The maximum absolute atomic E-state index is 12.8. The highest BCUT2D eigenvalue weighted by Crippen LogP contribution is 2.49. The van der Waals surface area contributed by atoms with Gasteiger partial charge in [0, 0.05) is 17.9 Å². The molecule has 110 valence electrons. The molecule has 1 aliphatic heterocycles. The van der Waals surface area contributed by atoms with Crippen LogP contribution in [0.1, 0.15) is 44.9 Å². The molecular weight excluding hydrogens is 254 g/mol. The first-order chi connectivity index (χ1) is 9.63. The Morgan fingerprint density at radius 1 is 1.40 bits per heavy atom. The summed E-state index contributed by atoms with van der Waals surface area (Å²) in [7, 11) is 0. The highest BCUT2D eigenvalue weighted by molar-refractivity contribution is 5.84. The van der Waals surface area contributed by atoms with Crippen LogP contribution in [-0.4, -0.2) is 40.8 Å². The second kappa shape index (κ2) is 5.01. The maximum atomic E-state index is 12.8. The number of aliphatic hydroxyl groups excluding tert-OH is 1. The molecule has 3 aliphatic rings. The van der Waals surface area contributed by atoms with Gasteiger partial charge in [0.15, 0.2) is 0 Å². The van der Waals surface area contributed by atoms with Gasteiger partial charge >= 0.3 is 6.17 Å². The van der Waals surface area contributed by atoms with Crippen LogP contribution in [-0.2, 0) is 4.79 Å². The molecule has 2 aliphatic carbocycles. The Balaban J connectivity index is 1.77. The third kappa shape index (κ3) is 2.02. The average Bonchev–Trinajstić information content (AvgIpc) is 3.17. The molecule has 3 fully saturated rings. The lowest BCUT2D eigenvalue weighted by Crippen LogP contribution is -2.57. The molecule has 1 heterocycles. The molecule has 4 atom stereocenters. The molecule has 0 radical (unpaired) electrons. The lowest BCUT2D eigenvalue weighted by atomic mass is 9.69. The molecule has 3 rings (SSSR count). The summed E-state index contributed by atoms with van der Waals surface area (Å²) in [6, 6.07) is -0.414. The largest absolute Gasteiger partial charge is 0.396 e. The van der Waals surface area contributed by atoms with E-state index in [1.165, 1.54) is 0 Å². The molecule has 5 heteroatoms. The number of rotatable bonds is 3. The predicted octanol–water partition coefficient (Wildman–Crippen LogP) is 1.12. The van der Waals surface area contributed by atoms with E-state index < -0.39 is 11.5 Å².